The molecule has 8 heteroatoms. The molecule has 1 aliphatic rings. The SMILES string of the molecule is N#Cc1ccsc1-c1ccc(N)c(C(=O)Cc2cnccc2N2CCC[C@H](N)C2)n1. The first-order valence-corrected chi connectivity index (χ1v) is 10.7. The number of hydrogen-bond donors (Lipinski definition) is 2. The van der Waals surface area contributed by atoms with Gasteiger partial charge < -0.3 is 16.4 Å². The summed E-state index contributed by atoms with van der Waals surface area (Å²) in [6.45, 7) is 1.67. The fourth-order valence-electron chi connectivity index (χ4n) is 3.77. The molecule has 7 nitrogen and oxygen atoms in total. The van der Waals surface area contributed by atoms with Gasteiger partial charge in [-0.3, -0.25) is 9.78 Å². The van der Waals surface area contributed by atoms with Crippen LogP contribution in [0.2, 0.25) is 0 Å². The Morgan fingerprint density at radius 2 is 2.20 bits per heavy atom. The summed E-state index contributed by atoms with van der Waals surface area (Å²) in [4.78, 5) is 24.8. The highest BCUT2D eigenvalue weighted by atomic mass is 32.1. The molecule has 0 radical (unpaired) electrons. The lowest BCUT2D eigenvalue weighted by Crippen LogP contribution is -2.43. The maximum atomic E-state index is 13.1. The number of ketones is 1. The average molecular weight is 419 g/mol. The number of piperidine rings is 1. The maximum Gasteiger partial charge on any atom is 0.187 e. The van der Waals surface area contributed by atoms with Gasteiger partial charge in [0.05, 0.1) is 21.8 Å². The number of nitrogens with two attached hydrogens (primary N) is 2. The summed E-state index contributed by atoms with van der Waals surface area (Å²) < 4.78 is 0. The van der Waals surface area contributed by atoms with E-state index in [1.54, 1.807) is 30.6 Å². The molecule has 1 aliphatic heterocycles. The number of thiophene rings is 1. The van der Waals surface area contributed by atoms with Crippen LogP contribution in [0.1, 0.15) is 34.5 Å². The van der Waals surface area contributed by atoms with E-state index in [2.05, 4.69) is 20.9 Å². The molecule has 30 heavy (non-hydrogen) atoms. The van der Waals surface area contributed by atoms with Crippen molar-refractivity contribution in [3.8, 4) is 16.6 Å². The number of nitrogens with zero attached hydrogens (tertiary/aromatic N) is 4. The van der Waals surface area contributed by atoms with Crippen molar-refractivity contribution < 1.29 is 4.79 Å². The van der Waals surface area contributed by atoms with Gasteiger partial charge in [-0.15, -0.1) is 11.3 Å². The van der Waals surface area contributed by atoms with Gasteiger partial charge in [-0.05, 0) is 42.5 Å². The van der Waals surface area contributed by atoms with Gasteiger partial charge in [-0.1, -0.05) is 0 Å². The van der Waals surface area contributed by atoms with Gasteiger partial charge in [-0.25, -0.2) is 4.98 Å². The van der Waals surface area contributed by atoms with Crippen LogP contribution in [0, 0.1) is 11.3 Å². The quantitative estimate of drug-likeness (QED) is 0.611. The maximum absolute atomic E-state index is 13.1. The zero-order valence-corrected chi connectivity index (χ0v) is 17.2. The van der Waals surface area contributed by atoms with Gasteiger partial charge >= 0.3 is 0 Å². The molecule has 4 rings (SSSR count). The zero-order chi connectivity index (χ0) is 21.1. The number of aromatic nitrogens is 2. The standard InChI is InChI=1S/C22H22N6OS/c23-11-14-6-9-30-22(14)18-4-3-17(25)21(27-18)20(29)10-15-12-26-7-5-19(15)28-8-1-2-16(24)13-28/h3-7,9,12,16H,1-2,8,10,13,24-25H2/t16-/m0/s1. The third-order valence-electron chi connectivity index (χ3n) is 5.24. The van der Waals surface area contributed by atoms with Crippen molar-refractivity contribution in [2.75, 3.05) is 23.7 Å². The van der Waals surface area contributed by atoms with Crippen LogP contribution < -0.4 is 16.4 Å². The van der Waals surface area contributed by atoms with Crippen molar-refractivity contribution in [2.45, 2.75) is 25.3 Å². The predicted molar refractivity (Wildman–Crippen MR) is 118 cm³/mol. The Morgan fingerprint density at radius 1 is 1.33 bits per heavy atom. The topological polar surface area (TPSA) is 122 Å². The van der Waals surface area contributed by atoms with E-state index in [0.29, 0.717) is 16.9 Å². The lowest BCUT2D eigenvalue weighted by atomic mass is 10.0. The fraction of sp³-hybridized carbons (Fsp3) is 0.273. The molecule has 4 N–H and O–H groups in total. The third kappa shape index (κ3) is 4.03. The van der Waals surface area contributed by atoms with Crippen LogP contribution in [0.4, 0.5) is 11.4 Å². The third-order valence-corrected chi connectivity index (χ3v) is 6.17. The minimum absolute atomic E-state index is 0.129. The summed E-state index contributed by atoms with van der Waals surface area (Å²) in [5.74, 6) is -0.181. The number of carbonyl (C=O) groups is 1. The normalized spacial score (nSPS) is 16.3. The first-order chi connectivity index (χ1) is 14.6. The highest BCUT2D eigenvalue weighted by molar-refractivity contribution is 7.13. The van der Waals surface area contributed by atoms with Crippen molar-refractivity contribution in [1.82, 2.24) is 9.97 Å². The van der Waals surface area contributed by atoms with Crippen LogP contribution in [0.5, 0.6) is 0 Å². The second-order valence-electron chi connectivity index (χ2n) is 7.36. The van der Waals surface area contributed by atoms with Crippen molar-refractivity contribution in [2.24, 2.45) is 5.73 Å². The van der Waals surface area contributed by atoms with Crippen molar-refractivity contribution in [3.05, 3.63) is 58.9 Å². The van der Waals surface area contributed by atoms with Crippen LogP contribution in [-0.2, 0) is 6.42 Å². The molecular weight excluding hydrogens is 396 g/mol. The first-order valence-electron chi connectivity index (χ1n) is 9.78. The van der Waals surface area contributed by atoms with Crippen LogP contribution >= 0.6 is 11.3 Å². The van der Waals surface area contributed by atoms with E-state index in [9.17, 15) is 10.1 Å². The van der Waals surface area contributed by atoms with E-state index in [1.807, 2.05) is 11.4 Å². The predicted octanol–water partition coefficient (Wildman–Crippen LogP) is 3.01. The summed E-state index contributed by atoms with van der Waals surface area (Å²) in [5, 5.41) is 11.1. The highest BCUT2D eigenvalue weighted by Crippen LogP contribution is 2.30. The van der Waals surface area contributed by atoms with E-state index < -0.39 is 0 Å². The number of pyridine rings is 2. The Bertz CT molecular complexity index is 1120. The zero-order valence-electron chi connectivity index (χ0n) is 16.4. The van der Waals surface area contributed by atoms with Gasteiger partial charge in [0, 0.05) is 49.2 Å². The minimum atomic E-state index is -0.181. The van der Waals surface area contributed by atoms with Crippen molar-refractivity contribution in [3.63, 3.8) is 0 Å². The molecule has 152 valence electrons. The number of rotatable bonds is 5. The van der Waals surface area contributed by atoms with Gasteiger partial charge in [0.2, 0.25) is 0 Å². The Morgan fingerprint density at radius 3 is 3.00 bits per heavy atom. The van der Waals surface area contributed by atoms with Gasteiger partial charge in [-0.2, -0.15) is 5.26 Å². The molecular formula is C22H22N6OS. The second kappa shape index (κ2) is 8.61. The molecule has 0 aromatic carbocycles. The van der Waals surface area contributed by atoms with Crippen LogP contribution in [-0.4, -0.2) is 34.9 Å². The number of nitrogen functional groups attached to an aromatic ring is 1. The monoisotopic (exact) mass is 418 g/mol. The lowest BCUT2D eigenvalue weighted by molar-refractivity contribution is 0.0989. The molecule has 4 heterocycles. The largest absolute Gasteiger partial charge is 0.397 e. The molecule has 1 saturated heterocycles. The molecule has 0 aliphatic carbocycles. The van der Waals surface area contributed by atoms with Crippen molar-refractivity contribution in [1.29, 1.82) is 5.26 Å². The van der Waals surface area contributed by atoms with E-state index in [-0.39, 0.29) is 23.9 Å². The average Bonchev–Trinajstić information content (AvgIpc) is 3.23. The second-order valence-corrected chi connectivity index (χ2v) is 8.28. The molecule has 0 amide bonds. The fourth-order valence-corrected chi connectivity index (χ4v) is 4.58. The van der Waals surface area contributed by atoms with Gasteiger partial charge in [0.1, 0.15) is 11.8 Å². The Balaban J connectivity index is 1.62. The molecule has 1 fully saturated rings. The lowest BCUT2D eigenvalue weighted by Gasteiger charge is -2.33. The van der Waals surface area contributed by atoms with Crippen LogP contribution in [0.3, 0.4) is 0 Å². The molecule has 0 unspecified atom stereocenters. The summed E-state index contributed by atoms with van der Waals surface area (Å²) in [6, 6.07) is 9.36. The summed E-state index contributed by atoms with van der Waals surface area (Å²) in [7, 11) is 0. The van der Waals surface area contributed by atoms with Gasteiger partial charge in [0.15, 0.2) is 5.78 Å². The van der Waals surface area contributed by atoms with Crippen molar-refractivity contribution >= 4 is 28.5 Å². The van der Waals surface area contributed by atoms with Gasteiger partial charge in [0.25, 0.3) is 0 Å². The van der Waals surface area contributed by atoms with Crippen LogP contribution in [0.15, 0.2) is 42.0 Å². The van der Waals surface area contributed by atoms with E-state index in [4.69, 9.17) is 11.5 Å². The highest BCUT2D eigenvalue weighted by Gasteiger charge is 2.22. The smallest absolute Gasteiger partial charge is 0.187 e. The summed E-state index contributed by atoms with van der Waals surface area (Å²) >= 11 is 1.41. The Kier molecular flexibility index (Phi) is 5.74. The van der Waals surface area contributed by atoms with Crippen LogP contribution in [0.25, 0.3) is 10.6 Å². The molecule has 0 spiro atoms. The molecule has 1 atom stereocenters. The number of Topliss-reactive ketones (excluding diaryl/α,β-unsaturated/α-hetero) is 1. The number of nitriles is 1. The van der Waals surface area contributed by atoms with E-state index >= 15 is 0 Å². The van der Waals surface area contributed by atoms with E-state index in [0.717, 1.165) is 42.1 Å². The number of hydrogen-bond acceptors (Lipinski definition) is 8. The number of carbonyl (C=O) groups excluding carboxylic acids is 1. The summed E-state index contributed by atoms with van der Waals surface area (Å²) in [6.07, 6.45) is 5.63. The minimum Gasteiger partial charge on any atom is -0.397 e. The molecule has 3 aromatic rings. The Labute approximate surface area is 179 Å². The summed E-state index contributed by atoms with van der Waals surface area (Å²) in [5.41, 5.74) is 15.7. The first kappa shape index (κ1) is 20.0. The molecule has 3 aromatic heterocycles. The molecule has 0 bridgehead atoms. The molecule has 0 saturated carbocycles. The Hall–Kier alpha value is -3.28. The van der Waals surface area contributed by atoms with E-state index in [1.165, 1.54) is 11.3 Å². The number of anilines is 2.